The summed E-state index contributed by atoms with van der Waals surface area (Å²) in [6.07, 6.45) is 8.28. The molecule has 2 aliphatic heterocycles. The predicted octanol–water partition coefficient (Wildman–Crippen LogP) is 4.97. The molecule has 0 radical (unpaired) electrons. The first-order valence-electron chi connectivity index (χ1n) is 12.4. The Bertz CT molecular complexity index is 1160. The van der Waals surface area contributed by atoms with E-state index in [0.717, 1.165) is 73.5 Å². The van der Waals surface area contributed by atoms with Gasteiger partial charge in [0, 0.05) is 43.6 Å². The number of anilines is 2. The van der Waals surface area contributed by atoms with Gasteiger partial charge in [0.1, 0.15) is 0 Å². The van der Waals surface area contributed by atoms with E-state index in [1.807, 2.05) is 42.7 Å². The number of para-hydroxylation sites is 1. The number of ether oxygens (including phenoxy) is 1. The summed E-state index contributed by atoms with van der Waals surface area (Å²) in [6, 6.07) is 13.1. The third-order valence-corrected chi connectivity index (χ3v) is 7.24. The number of carbonyl (C=O) groups excluding carboxylic acids is 1. The lowest BCUT2D eigenvalue weighted by atomic mass is 9.84. The van der Waals surface area contributed by atoms with Crippen molar-refractivity contribution in [3.8, 4) is 5.75 Å². The van der Waals surface area contributed by atoms with Crippen molar-refractivity contribution >= 4 is 18.0 Å². The van der Waals surface area contributed by atoms with E-state index < -0.39 is 0 Å². The Morgan fingerprint density at radius 2 is 1.83 bits per heavy atom. The molecule has 182 valence electrons. The molecule has 1 fully saturated rings. The van der Waals surface area contributed by atoms with Crippen LogP contribution in [0.2, 0.25) is 0 Å². The molecule has 0 N–H and O–H groups in total. The van der Waals surface area contributed by atoms with Gasteiger partial charge in [0.05, 0.1) is 6.61 Å². The van der Waals surface area contributed by atoms with Crippen LogP contribution >= 0.6 is 0 Å². The van der Waals surface area contributed by atoms with E-state index in [1.54, 1.807) is 17.0 Å². The minimum absolute atomic E-state index is 0.0592. The number of fused-ring (bicyclic) bond motifs is 1. The van der Waals surface area contributed by atoms with Gasteiger partial charge in [-0.2, -0.15) is 0 Å². The van der Waals surface area contributed by atoms with Crippen molar-refractivity contribution in [1.82, 2.24) is 9.97 Å². The number of rotatable bonds is 7. The van der Waals surface area contributed by atoms with Crippen LogP contribution < -0.4 is 14.5 Å². The molecular formula is C28H31FN4O2. The normalized spacial score (nSPS) is 18.3. The van der Waals surface area contributed by atoms with Crippen molar-refractivity contribution in [2.45, 2.75) is 38.5 Å². The molecule has 7 heteroatoms. The maximum Gasteiger partial charge on any atom is 0.225 e. The maximum absolute atomic E-state index is 15.0. The Balaban J connectivity index is 1.19. The van der Waals surface area contributed by atoms with Crippen LogP contribution in [0, 0.1) is 11.7 Å². The van der Waals surface area contributed by atoms with E-state index in [0.29, 0.717) is 24.8 Å². The van der Waals surface area contributed by atoms with Gasteiger partial charge in [0.25, 0.3) is 0 Å². The molecule has 1 atom stereocenters. The van der Waals surface area contributed by atoms with Crippen LogP contribution in [0.15, 0.2) is 54.9 Å². The molecule has 1 aromatic heterocycles. The first-order chi connectivity index (χ1) is 17.2. The fourth-order valence-electron chi connectivity index (χ4n) is 5.10. The molecule has 1 saturated heterocycles. The quantitative estimate of drug-likeness (QED) is 0.453. The number of piperidine rings is 1. The minimum atomic E-state index is -0.334. The number of aromatic nitrogens is 2. The van der Waals surface area contributed by atoms with E-state index >= 15 is 4.39 Å². The van der Waals surface area contributed by atoms with Gasteiger partial charge in [-0.25, -0.2) is 14.4 Å². The summed E-state index contributed by atoms with van der Waals surface area (Å²) >= 11 is 0. The van der Waals surface area contributed by atoms with Gasteiger partial charge < -0.3 is 14.5 Å². The van der Waals surface area contributed by atoms with Crippen LogP contribution in [0.4, 0.5) is 16.0 Å². The highest BCUT2D eigenvalue weighted by Crippen LogP contribution is 2.39. The zero-order valence-corrected chi connectivity index (χ0v) is 20.1. The van der Waals surface area contributed by atoms with Crippen molar-refractivity contribution in [2.24, 2.45) is 5.92 Å². The number of benzene rings is 2. The summed E-state index contributed by atoms with van der Waals surface area (Å²) in [4.78, 5) is 24.3. The van der Waals surface area contributed by atoms with Crippen molar-refractivity contribution in [1.29, 1.82) is 0 Å². The van der Waals surface area contributed by atoms with E-state index in [2.05, 4.69) is 21.8 Å². The molecule has 6 nitrogen and oxygen atoms in total. The first kappa shape index (κ1) is 23.3. The molecule has 3 aromatic rings. The van der Waals surface area contributed by atoms with Gasteiger partial charge in [-0.3, -0.25) is 4.79 Å². The predicted molar refractivity (Wildman–Crippen MR) is 135 cm³/mol. The summed E-state index contributed by atoms with van der Waals surface area (Å²) in [6.45, 7) is 4.97. The minimum Gasteiger partial charge on any atom is -0.490 e. The molecular weight excluding hydrogens is 443 g/mol. The van der Waals surface area contributed by atoms with Crippen molar-refractivity contribution < 1.29 is 13.9 Å². The standard InChI is InChI=1S/C28H31FN4O2/c1-2-20-16-30-28(31-17-20)32-12-9-21(10-13-32)18-35-27-8-7-22(15-25(27)29)23-11-14-33(19-34)26-6-4-3-5-24(23)26/h3-8,15-17,19,21,23H,2,9-14,18H2,1H3. The van der Waals surface area contributed by atoms with Crippen LogP contribution in [-0.4, -0.2) is 42.6 Å². The Labute approximate surface area is 205 Å². The number of carbonyl (C=O) groups is 1. The molecule has 0 bridgehead atoms. The highest BCUT2D eigenvalue weighted by atomic mass is 19.1. The van der Waals surface area contributed by atoms with Gasteiger partial charge in [-0.1, -0.05) is 31.2 Å². The monoisotopic (exact) mass is 474 g/mol. The second kappa shape index (κ2) is 10.4. The van der Waals surface area contributed by atoms with Crippen molar-refractivity contribution in [3.63, 3.8) is 0 Å². The zero-order valence-electron chi connectivity index (χ0n) is 20.1. The zero-order chi connectivity index (χ0) is 24.2. The van der Waals surface area contributed by atoms with Gasteiger partial charge in [-0.05, 0) is 66.5 Å². The molecule has 1 amide bonds. The van der Waals surface area contributed by atoms with Crippen LogP contribution in [0.3, 0.4) is 0 Å². The molecule has 0 aliphatic carbocycles. The molecule has 5 rings (SSSR count). The Hall–Kier alpha value is -3.48. The third kappa shape index (κ3) is 4.99. The molecule has 0 saturated carbocycles. The lowest BCUT2D eigenvalue weighted by Crippen LogP contribution is -2.36. The lowest BCUT2D eigenvalue weighted by Gasteiger charge is -2.32. The highest BCUT2D eigenvalue weighted by molar-refractivity contribution is 5.79. The van der Waals surface area contributed by atoms with Crippen molar-refractivity contribution in [2.75, 3.05) is 36.0 Å². The molecule has 1 unspecified atom stereocenters. The number of nitrogens with zero attached hydrogens (tertiary/aromatic N) is 4. The molecule has 2 aromatic carbocycles. The van der Waals surface area contributed by atoms with Gasteiger partial charge >= 0.3 is 0 Å². The Morgan fingerprint density at radius 3 is 2.54 bits per heavy atom. The second-order valence-corrected chi connectivity index (χ2v) is 9.38. The summed E-state index contributed by atoms with van der Waals surface area (Å²) in [5.41, 5.74) is 4.01. The van der Waals surface area contributed by atoms with Gasteiger partial charge in [0.15, 0.2) is 11.6 Å². The van der Waals surface area contributed by atoms with E-state index in [-0.39, 0.29) is 11.7 Å². The van der Waals surface area contributed by atoms with Crippen LogP contribution in [0.25, 0.3) is 0 Å². The number of aryl methyl sites for hydroxylation is 1. The molecule has 2 aliphatic rings. The number of hydrogen-bond acceptors (Lipinski definition) is 5. The summed E-state index contributed by atoms with van der Waals surface area (Å²) in [7, 11) is 0. The number of halogens is 1. The summed E-state index contributed by atoms with van der Waals surface area (Å²) < 4.78 is 20.9. The fraction of sp³-hybridized carbons (Fsp3) is 0.393. The topological polar surface area (TPSA) is 58.6 Å². The smallest absolute Gasteiger partial charge is 0.225 e. The average Bonchev–Trinajstić information content (AvgIpc) is 2.92. The fourth-order valence-corrected chi connectivity index (χ4v) is 5.10. The van der Waals surface area contributed by atoms with E-state index in [1.165, 1.54) is 0 Å². The number of hydrogen-bond donors (Lipinski definition) is 0. The molecule has 0 spiro atoms. The first-order valence-corrected chi connectivity index (χ1v) is 12.4. The Kier molecular flexibility index (Phi) is 6.93. The second-order valence-electron chi connectivity index (χ2n) is 9.38. The van der Waals surface area contributed by atoms with Gasteiger partial charge in [0.2, 0.25) is 12.4 Å². The van der Waals surface area contributed by atoms with Crippen LogP contribution in [0.1, 0.15) is 48.8 Å². The average molecular weight is 475 g/mol. The molecule has 3 heterocycles. The third-order valence-electron chi connectivity index (χ3n) is 7.24. The van der Waals surface area contributed by atoms with Crippen LogP contribution in [-0.2, 0) is 11.2 Å². The SMILES string of the molecule is CCc1cnc(N2CCC(COc3ccc(C4CCN(C=O)c5ccccc54)cc3F)CC2)nc1. The van der Waals surface area contributed by atoms with Gasteiger partial charge in [-0.15, -0.1) is 0 Å². The Morgan fingerprint density at radius 1 is 1.06 bits per heavy atom. The van der Waals surface area contributed by atoms with E-state index in [4.69, 9.17) is 4.74 Å². The maximum atomic E-state index is 15.0. The van der Waals surface area contributed by atoms with Crippen molar-refractivity contribution in [3.05, 3.63) is 77.4 Å². The van der Waals surface area contributed by atoms with E-state index in [9.17, 15) is 4.79 Å². The highest BCUT2D eigenvalue weighted by Gasteiger charge is 2.27. The molecule has 35 heavy (non-hydrogen) atoms. The largest absolute Gasteiger partial charge is 0.490 e. The lowest BCUT2D eigenvalue weighted by molar-refractivity contribution is -0.107. The number of amides is 1. The summed E-state index contributed by atoms with van der Waals surface area (Å²) in [5.74, 6) is 1.18. The summed E-state index contributed by atoms with van der Waals surface area (Å²) in [5, 5.41) is 0. The van der Waals surface area contributed by atoms with Crippen LogP contribution in [0.5, 0.6) is 5.75 Å².